The number of nitrogens with zero attached hydrogens (tertiary/aromatic N) is 5. The topological polar surface area (TPSA) is 191 Å². The van der Waals surface area contributed by atoms with Gasteiger partial charge in [0.05, 0.1) is 23.6 Å². The molecular weight excluding hydrogens is 522 g/mol. The predicted octanol–water partition coefficient (Wildman–Crippen LogP) is 2.13. The first-order valence-electron chi connectivity index (χ1n) is 11.9. The van der Waals surface area contributed by atoms with Gasteiger partial charge in [0, 0.05) is 36.2 Å². The van der Waals surface area contributed by atoms with Crippen LogP contribution in [-0.2, 0) is 14.8 Å². The Morgan fingerprint density at radius 3 is 2.21 bits per heavy atom. The van der Waals surface area contributed by atoms with Crippen molar-refractivity contribution in [2.45, 2.75) is 4.90 Å². The van der Waals surface area contributed by atoms with E-state index in [0.717, 1.165) is 35.5 Å². The molecule has 13 nitrogen and oxygen atoms in total. The third-order valence-electron chi connectivity index (χ3n) is 5.78. The molecule has 1 aliphatic rings. The molecule has 0 bridgehead atoms. The first kappa shape index (κ1) is 25.8. The summed E-state index contributed by atoms with van der Waals surface area (Å²) in [5, 5.41) is 5.38. The standard InChI is InChI=1S/C25H25N9O4S/c26-24(27)33-39(36,37)19-9-7-18(8-10-19)30-25(35)29-17-5-3-16(4-6-17)22-31-20-2-1-11-28-21(20)23(32-22)34-12-14-38-15-13-34/h1-11H,12-15H2,(H4,26,27,33)(H2,29,30,35). The van der Waals surface area contributed by atoms with Crippen molar-refractivity contribution in [3.8, 4) is 11.4 Å². The van der Waals surface area contributed by atoms with Crippen LogP contribution >= 0.6 is 0 Å². The maximum absolute atomic E-state index is 12.5. The number of morpholine rings is 1. The van der Waals surface area contributed by atoms with Crippen molar-refractivity contribution < 1.29 is 17.9 Å². The molecular formula is C25H25N9O4S. The van der Waals surface area contributed by atoms with E-state index in [0.29, 0.717) is 30.4 Å². The SMILES string of the molecule is NC(N)=NS(=O)(=O)c1ccc(NC(=O)Nc2ccc(-c3nc(N4CCOCC4)c4ncccc4n3)cc2)cc1. The van der Waals surface area contributed by atoms with Gasteiger partial charge in [-0.3, -0.25) is 4.98 Å². The van der Waals surface area contributed by atoms with Crippen LogP contribution in [0.2, 0.25) is 0 Å². The second-order valence-electron chi connectivity index (χ2n) is 8.51. The van der Waals surface area contributed by atoms with Gasteiger partial charge in [-0.1, -0.05) is 0 Å². The Labute approximate surface area is 224 Å². The zero-order chi connectivity index (χ0) is 27.4. The summed E-state index contributed by atoms with van der Waals surface area (Å²) in [5.41, 5.74) is 13.5. The number of nitrogens with two attached hydrogens (primary N) is 2. The van der Waals surface area contributed by atoms with Crippen LogP contribution in [0.3, 0.4) is 0 Å². The smallest absolute Gasteiger partial charge is 0.323 e. The third-order valence-corrected chi connectivity index (χ3v) is 7.10. The van der Waals surface area contributed by atoms with Crippen LogP contribution in [0, 0.1) is 0 Å². The average Bonchev–Trinajstić information content (AvgIpc) is 2.93. The van der Waals surface area contributed by atoms with Gasteiger partial charge in [0.2, 0.25) is 5.96 Å². The summed E-state index contributed by atoms with van der Waals surface area (Å²) in [6.45, 7) is 2.68. The highest BCUT2D eigenvalue weighted by Crippen LogP contribution is 2.27. The second-order valence-corrected chi connectivity index (χ2v) is 10.1. The molecule has 1 fully saturated rings. The van der Waals surface area contributed by atoms with Crippen LogP contribution in [0.5, 0.6) is 0 Å². The number of carbonyl (C=O) groups excluding carboxylic acids is 1. The van der Waals surface area contributed by atoms with Crippen molar-refractivity contribution in [2.24, 2.45) is 15.9 Å². The lowest BCUT2D eigenvalue weighted by Gasteiger charge is -2.28. The quantitative estimate of drug-likeness (QED) is 0.205. The monoisotopic (exact) mass is 547 g/mol. The summed E-state index contributed by atoms with van der Waals surface area (Å²) < 4.78 is 32.8. The van der Waals surface area contributed by atoms with E-state index in [1.165, 1.54) is 24.3 Å². The molecule has 0 aliphatic carbocycles. The minimum absolute atomic E-state index is 0.110. The van der Waals surface area contributed by atoms with Crippen molar-refractivity contribution in [1.29, 1.82) is 0 Å². The van der Waals surface area contributed by atoms with Crippen molar-refractivity contribution in [3.05, 3.63) is 66.9 Å². The molecule has 14 heteroatoms. The van der Waals surface area contributed by atoms with E-state index >= 15 is 0 Å². The summed E-state index contributed by atoms with van der Waals surface area (Å²) >= 11 is 0. The fourth-order valence-corrected chi connectivity index (χ4v) is 4.84. The van der Waals surface area contributed by atoms with E-state index in [1.54, 1.807) is 18.3 Å². The summed E-state index contributed by atoms with van der Waals surface area (Å²) in [6, 6.07) is 15.8. The molecule has 39 heavy (non-hydrogen) atoms. The fourth-order valence-electron chi connectivity index (χ4n) is 3.97. The Hall–Kier alpha value is -4.82. The van der Waals surface area contributed by atoms with E-state index in [9.17, 15) is 13.2 Å². The Morgan fingerprint density at radius 2 is 1.56 bits per heavy atom. The van der Waals surface area contributed by atoms with Gasteiger partial charge in [-0.15, -0.1) is 4.40 Å². The average molecular weight is 548 g/mol. The third kappa shape index (κ3) is 6.02. The molecule has 0 radical (unpaired) electrons. The van der Waals surface area contributed by atoms with Crippen molar-refractivity contribution in [1.82, 2.24) is 15.0 Å². The first-order valence-corrected chi connectivity index (χ1v) is 13.3. The van der Waals surface area contributed by atoms with E-state index in [2.05, 4.69) is 24.9 Å². The number of carbonyl (C=O) groups is 1. The number of ether oxygens (including phenoxy) is 1. The predicted molar refractivity (Wildman–Crippen MR) is 148 cm³/mol. The minimum atomic E-state index is -4.01. The van der Waals surface area contributed by atoms with Gasteiger partial charge >= 0.3 is 6.03 Å². The number of hydrogen-bond donors (Lipinski definition) is 4. The minimum Gasteiger partial charge on any atom is -0.378 e. The molecule has 0 unspecified atom stereocenters. The fraction of sp³-hybridized carbons (Fsp3) is 0.160. The Kier molecular flexibility index (Phi) is 7.21. The number of guanidine groups is 1. The van der Waals surface area contributed by atoms with Gasteiger partial charge in [-0.05, 0) is 60.7 Å². The molecule has 1 aliphatic heterocycles. The van der Waals surface area contributed by atoms with Crippen LogP contribution in [0.15, 0.2) is 76.2 Å². The molecule has 2 aromatic heterocycles. The molecule has 2 amide bonds. The number of fused-ring (bicyclic) bond motifs is 1. The van der Waals surface area contributed by atoms with Crippen LogP contribution in [-0.4, -0.2) is 61.7 Å². The Morgan fingerprint density at radius 1 is 0.923 bits per heavy atom. The van der Waals surface area contributed by atoms with Crippen LogP contribution in [0.25, 0.3) is 22.4 Å². The highest BCUT2D eigenvalue weighted by atomic mass is 32.2. The van der Waals surface area contributed by atoms with E-state index in [-0.39, 0.29) is 4.90 Å². The van der Waals surface area contributed by atoms with Crippen molar-refractivity contribution in [3.63, 3.8) is 0 Å². The summed E-state index contributed by atoms with van der Waals surface area (Å²) in [6.07, 6.45) is 1.73. The van der Waals surface area contributed by atoms with Gasteiger partial charge in [-0.25, -0.2) is 14.8 Å². The highest BCUT2D eigenvalue weighted by molar-refractivity contribution is 7.90. The number of aromatic nitrogens is 3. The number of hydrogen-bond acceptors (Lipinski definition) is 8. The van der Waals surface area contributed by atoms with E-state index < -0.39 is 22.0 Å². The summed E-state index contributed by atoms with van der Waals surface area (Å²) in [5.74, 6) is 0.741. The molecule has 0 atom stereocenters. The number of rotatable bonds is 6. The maximum Gasteiger partial charge on any atom is 0.323 e. The molecule has 4 aromatic rings. The number of benzene rings is 2. The van der Waals surface area contributed by atoms with Gasteiger partial charge in [0.25, 0.3) is 10.0 Å². The van der Waals surface area contributed by atoms with Crippen molar-refractivity contribution in [2.75, 3.05) is 41.8 Å². The first-order chi connectivity index (χ1) is 18.8. The molecule has 1 saturated heterocycles. The van der Waals surface area contributed by atoms with Gasteiger partial charge < -0.3 is 31.7 Å². The Balaban J connectivity index is 1.29. The maximum atomic E-state index is 12.5. The molecule has 6 N–H and O–H groups in total. The van der Waals surface area contributed by atoms with Crippen LogP contribution in [0.1, 0.15) is 0 Å². The summed E-state index contributed by atoms with van der Waals surface area (Å²) in [7, 11) is -4.01. The lowest BCUT2D eigenvalue weighted by molar-refractivity contribution is 0.122. The van der Waals surface area contributed by atoms with Gasteiger partial charge in [0.15, 0.2) is 11.6 Å². The molecule has 2 aromatic carbocycles. The largest absolute Gasteiger partial charge is 0.378 e. The van der Waals surface area contributed by atoms with Gasteiger partial charge in [-0.2, -0.15) is 8.42 Å². The number of sulfonamides is 1. The zero-order valence-electron chi connectivity index (χ0n) is 20.6. The molecule has 0 saturated carbocycles. The highest BCUT2D eigenvalue weighted by Gasteiger charge is 2.19. The van der Waals surface area contributed by atoms with Crippen molar-refractivity contribution >= 4 is 50.2 Å². The number of amides is 2. The number of urea groups is 1. The molecule has 200 valence electrons. The van der Waals surface area contributed by atoms with Gasteiger partial charge in [0.1, 0.15) is 5.52 Å². The molecule has 0 spiro atoms. The van der Waals surface area contributed by atoms with Crippen LogP contribution < -0.4 is 27.0 Å². The van der Waals surface area contributed by atoms with E-state index in [1.807, 2.05) is 24.3 Å². The number of pyridine rings is 1. The Bertz CT molecular complexity index is 1630. The second kappa shape index (κ2) is 10.9. The number of nitrogens with one attached hydrogen (secondary N) is 2. The lowest BCUT2D eigenvalue weighted by atomic mass is 10.2. The zero-order valence-corrected chi connectivity index (χ0v) is 21.4. The normalized spacial score (nSPS) is 13.6. The number of anilines is 3. The molecule has 5 rings (SSSR count). The summed E-state index contributed by atoms with van der Waals surface area (Å²) in [4.78, 5) is 28.5. The van der Waals surface area contributed by atoms with Crippen LogP contribution in [0.4, 0.5) is 22.0 Å². The molecule has 3 heterocycles. The van der Waals surface area contributed by atoms with E-state index in [4.69, 9.17) is 26.2 Å². The lowest BCUT2D eigenvalue weighted by Crippen LogP contribution is -2.37.